The van der Waals surface area contributed by atoms with Crippen LogP contribution < -0.4 is 11.1 Å². The van der Waals surface area contributed by atoms with Crippen LogP contribution in [0.3, 0.4) is 0 Å². The number of anilines is 1. The van der Waals surface area contributed by atoms with Crippen molar-refractivity contribution in [1.82, 2.24) is 0 Å². The van der Waals surface area contributed by atoms with Gasteiger partial charge in [0.15, 0.2) is 0 Å². The van der Waals surface area contributed by atoms with Gasteiger partial charge in [-0.1, -0.05) is 49.3 Å². The Balaban J connectivity index is 1.70. The summed E-state index contributed by atoms with van der Waals surface area (Å²) in [5.74, 6) is -3.08. The summed E-state index contributed by atoms with van der Waals surface area (Å²) in [4.78, 5) is 39.0. The minimum absolute atomic E-state index is 0.0720. The van der Waals surface area contributed by atoms with E-state index in [4.69, 9.17) is 5.73 Å². The number of primary amides is 1. The van der Waals surface area contributed by atoms with E-state index in [1.807, 2.05) is 45.0 Å². The van der Waals surface area contributed by atoms with Gasteiger partial charge in [-0.15, -0.1) is 11.3 Å². The number of carboxylic acids is 1. The number of carbonyl (C=O) groups excluding carboxylic acids is 2. The Morgan fingerprint density at radius 2 is 1.65 bits per heavy atom. The topological polar surface area (TPSA) is 109 Å². The lowest BCUT2D eigenvalue weighted by Crippen LogP contribution is -2.38. The van der Waals surface area contributed by atoms with E-state index in [0.29, 0.717) is 10.9 Å². The first-order valence-corrected chi connectivity index (χ1v) is 12.6. The highest BCUT2D eigenvalue weighted by Crippen LogP contribution is 2.57. The third-order valence-electron chi connectivity index (χ3n) is 7.44. The van der Waals surface area contributed by atoms with Gasteiger partial charge in [-0.2, -0.15) is 0 Å². The van der Waals surface area contributed by atoms with E-state index in [9.17, 15) is 19.5 Å². The summed E-state index contributed by atoms with van der Waals surface area (Å²) in [7, 11) is 0. The number of benzene rings is 1. The number of thiophene rings is 1. The van der Waals surface area contributed by atoms with Crippen LogP contribution in [0.2, 0.25) is 0 Å². The molecular weight excluding hydrogens is 448 g/mol. The molecule has 4 rings (SSSR count). The van der Waals surface area contributed by atoms with Crippen LogP contribution in [0.4, 0.5) is 5.00 Å². The SMILES string of the molecule is CC(C)=C1[C@@H]2CC[C@@H]1[C@@H](C(=O)Nc1sc(C)c(-c3ccc(C(C)C)cc3)c1C(N)=O)[C@@H]2C(=O)O. The van der Waals surface area contributed by atoms with E-state index in [2.05, 4.69) is 19.2 Å². The van der Waals surface area contributed by atoms with E-state index in [-0.39, 0.29) is 23.3 Å². The first-order valence-electron chi connectivity index (χ1n) is 11.8. The molecule has 2 fully saturated rings. The number of nitrogens with two attached hydrogens (primary N) is 1. The molecule has 2 aliphatic carbocycles. The number of aliphatic carboxylic acids is 1. The average molecular weight is 481 g/mol. The Bertz CT molecular complexity index is 1190. The number of allylic oxidation sites excluding steroid dienone is 2. The molecule has 1 heterocycles. The second-order valence-corrected chi connectivity index (χ2v) is 11.2. The van der Waals surface area contributed by atoms with Gasteiger partial charge in [0.2, 0.25) is 5.91 Å². The number of nitrogens with one attached hydrogen (secondary N) is 1. The molecule has 0 saturated heterocycles. The fourth-order valence-electron chi connectivity index (χ4n) is 6.05. The summed E-state index contributed by atoms with van der Waals surface area (Å²) in [6, 6.07) is 8.02. The number of carbonyl (C=O) groups is 3. The van der Waals surface area contributed by atoms with Gasteiger partial charge >= 0.3 is 5.97 Å². The van der Waals surface area contributed by atoms with E-state index in [0.717, 1.165) is 40.0 Å². The quantitative estimate of drug-likeness (QED) is 0.469. The van der Waals surface area contributed by atoms with Crippen LogP contribution in [0.25, 0.3) is 11.1 Å². The van der Waals surface area contributed by atoms with Gasteiger partial charge in [0, 0.05) is 10.4 Å². The summed E-state index contributed by atoms with van der Waals surface area (Å²) < 4.78 is 0. The Hall–Kier alpha value is -2.93. The molecule has 180 valence electrons. The third-order valence-corrected chi connectivity index (χ3v) is 8.46. The van der Waals surface area contributed by atoms with Gasteiger partial charge in [0.25, 0.3) is 5.91 Å². The van der Waals surface area contributed by atoms with Crippen molar-refractivity contribution in [1.29, 1.82) is 0 Å². The molecule has 34 heavy (non-hydrogen) atoms. The summed E-state index contributed by atoms with van der Waals surface area (Å²) in [5.41, 5.74) is 11.1. The standard InChI is InChI=1S/C27H32N2O4S/c1-12(2)15-6-8-16(9-7-15)20-14(5)34-26(23(20)24(28)30)29-25(31)21-17-10-11-18(19(17)13(3)4)22(21)27(32)33/h6-9,12,17-18,21-22H,10-11H2,1-5H3,(H2,28,30)(H,29,31)(H,32,33)/t17-,18-,21+,22+/m0/s1. The Labute approximate surface area is 204 Å². The van der Waals surface area contributed by atoms with Crippen molar-refractivity contribution in [2.75, 3.05) is 5.32 Å². The molecule has 0 unspecified atom stereocenters. The predicted molar refractivity (Wildman–Crippen MR) is 135 cm³/mol. The fourth-order valence-corrected chi connectivity index (χ4v) is 7.13. The van der Waals surface area contributed by atoms with Crippen LogP contribution >= 0.6 is 11.3 Å². The highest BCUT2D eigenvalue weighted by atomic mass is 32.1. The number of hydrogen-bond donors (Lipinski definition) is 3. The van der Waals surface area contributed by atoms with Gasteiger partial charge in [0.05, 0.1) is 17.4 Å². The smallest absolute Gasteiger partial charge is 0.307 e. The molecule has 2 saturated carbocycles. The molecule has 4 N–H and O–H groups in total. The molecule has 7 heteroatoms. The van der Waals surface area contributed by atoms with Crippen LogP contribution in [-0.4, -0.2) is 22.9 Å². The van der Waals surface area contributed by atoms with Gasteiger partial charge < -0.3 is 16.2 Å². The molecule has 6 nitrogen and oxygen atoms in total. The fraction of sp³-hybridized carbons (Fsp3) is 0.444. The maximum atomic E-state index is 13.5. The second-order valence-electron chi connectivity index (χ2n) is 10.0. The van der Waals surface area contributed by atoms with Gasteiger partial charge in [-0.25, -0.2) is 0 Å². The van der Waals surface area contributed by atoms with Gasteiger partial charge in [0.1, 0.15) is 5.00 Å². The lowest BCUT2D eigenvalue weighted by molar-refractivity contribution is -0.148. The molecule has 0 spiro atoms. The summed E-state index contributed by atoms with van der Waals surface area (Å²) >= 11 is 1.31. The zero-order valence-electron chi connectivity index (χ0n) is 20.3. The van der Waals surface area contributed by atoms with Gasteiger partial charge in [-0.3, -0.25) is 14.4 Å². The number of amides is 2. The van der Waals surface area contributed by atoms with Crippen LogP contribution in [0.5, 0.6) is 0 Å². The Morgan fingerprint density at radius 3 is 2.15 bits per heavy atom. The van der Waals surface area contributed by atoms with Crippen molar-refractivity contribution in [2.24, 2.45) is 29.4 Å². The van der Waals surface area contributed by atoms with Crippen molar-refractivity contribution in [3.63, 3.8) is 0 Å². The van der Waals surface area contributed by atoms with Crippen LogP contribution in [-0.2, 0) is 9.59 Å². The summed E-state index contributed by atoms with van der Waals surface area (Å²) in [5, 5.41) is 13.3. The van der Waals surface area contributed by atoms with E-state index < -0.39 is 23.7 Å². The monoisotopic (exact) mass is 480 g/mol. The molecule has 1 aromatic heterocycles. The molecular formula is C27H32N2O4S. The minimum atomic E-state index is -0.936. The number of rotatable bonds is 6. The van der Waals surface area contributed by atoms with Crippen LogP contribution in [0.15, 0.2) is 35.4 Å². The first kappa shape index (κ1) is 24.2. The van der Waals surface area contributed by atoms with Crippen molar-refractivity contribution in [3.8, 4) is 11.1 Å². The number of carboxylic acid groups (broad SMARTS) is 1. The molecule has 1 aromatic carbocycles. The molecule has 4 atom stereocenters. The lowest BCUT2D eigenvalue weighted by Gasteiger charge is -2.26. The van der Waals surface area contributed by atoms with E-state index >= 15 is 0 Å². The number of hydrogen-bond acceptors (Lipinski definition) is 4. The molecule has 0 radical (unpaired) electrons. The predicted octanol–water partition coefficient (Wildman–Crippen LogP) is 5.58. The summed E-state index contributed by atoms with van der Waals surface area (Å²) in [6.45, 7) is 10.1. The normalized spacial score (nSPS) is 23.4. The molecule has 0 aliphatic heterocycles. The second kappa shape index (κ2) is 9.02. The summed E-state index contributed by atoms with van der Waals surface area (Å²) in [6.07, 6.45) is 1.61. The third kappa shape index (κ3) is 3.96. The van der Waals surface area contributed by atoms with Crippen molar-refractivity contribution in [3.05, 3.63) is 51.4 Å². The number of fused-ring (bicyclic) bond motifs is 2. The Morgan fingerprint density at radius 1 is 1.06 bits per heavy atom. The van der Waals surface area contributed by atoms with Crippen molar-refractivity contribution in [2.45, 2.75) is 53.4 Å². The largest absolute Gasteiger partial charge is 0.481 e. The lowest BCUT2D eigenvalue weighted by atomic mass is 9.78. The highest BCUT2D eigenvalue weighted by molar-refractivity contribution is 7.17. The number of aryl methyl sites for hydroxylation is 1. The first-order chi connectivity index (χ1) is 16.0. The van der Waals surface area contributed by atoms with Crippen LogP contribution in [0.1, 0.15) is 67.3 Å². The molecule has 2 aliphatic rings. The maximum absolute atomic E-state index is 13.5. The average Bonchev–Trinajstić information content (AvgIpc) is 3.42. The zero-order chi connectivity index (χ0) is 24.9. The molecule has 2 amide bonds. The van der Waals surface area contributed by atoms with Crippen molar-refractivity contribution >= 4 is 34.1 Å². The highest BCUT2D eigenvalue weighted by Gasteiger charge is 2.57. The van der Waals surface area contributed by atoms with Crippen molar-refractivity contribution < 1.29 is 19.5 Å². The van der Waals surface area contributed by atoms with Gasteiger partial charge in [-0.05, 0) is 62.5 Å². The molecule has 2 aromatic rings. The zero-order valence-corrected chi connectivity index (χ0v) is 21.1. The van der Waals surface area contributed by atoms with Crippen LogP contribution in [0, 0.1) is 30.6 Å². The minimum Gasteiger partial charge on any atom is -0.481 e. The molecule has 2 bridgehead atoms. The van der Waals surface area contributed by atoms with E-state index in [1.165, 1.54) is 16.9 Å². The van der Waals surface area contributed by atoms with E-state index in [1.54, 1.807) is 0 Å². The Kier molecular flexibility index (Phi) is 6.42. The maximum Gasteiger partial charge on any atom is 0.307 e.